The number of hydrogen-bond acceptors (Lipinski definition) is 11. The SMILES string of the molecule is C[C@H](CO)NC(=O)c1cc(O[C@H]2CC[C@@H](N3CC(CC#N)(n4cc(-c5ncnc6[nH]ccc56)cn4)C3)CC2)nc(C(F)(F)F)c1.O=C(O)C(F)(F)F.O=C(O)C(F)(F)F. The van der Waals surface area contributed by atoms with E-state index in [1.54, 1.807) is 12.4 Å². The fraction of sp³-hybridized carbons (Fsp3) is 0.471. The van der Waals surface area contributed by atoms with Gasteiger partial charge in [0.25, 0.3) is 5.91 Å². The Morgan fingerprint density at radius 1 is 1.02 bits per heavy atom. The molecule has 5 heterocycles. The van der Waals surface area contributed by atoms with Crippen LogP contribution in [-0.2, 0) is 21.3 Å². The predicted octanol–water partition coefficient (Wildman–Crippen LogP) is 4.93. The summed E-state index contributed by atoms with van der Waals surface area (Å²) in [6, 6.07) is 5.71. The number of carbonyl (C=O) groups is 3. The van der Waals surface area contributed by atoms with Gasteiger partial charge in [-0.1, -0.05) is 0 Å². The first-order chi connectivity index (χ1) is 27.5. The van der Waals surface area contributed by atoms with Crippen molar-refractivity contribution in [1.82, 2.24) is 39.9 Å². The van der Waals surface area contributed by atoms with Gasteiger partial charge in [0, 0.05) is 60.1 Å². The van der Waals surface area contributed by atoms with E-state index in [4.69, 9.17) is 24.5 Å². The minimum Gasteiger partial charge on any atom is -0.475 e. The van der Waals surface area contributed by atoms with Crippen molar-refractivity contribution < 1.29 is 74.0 Å². The number of nitrogens with one attached hydrogen (secondary N) is 2. The van der Waals surface area contributed by atoms with E-state index < -0.39 is 53.6 Å². The van der Waals surface area contributed by atoms with Gasteiger partial charge in [-0.2, -0.15) is 49.9 Å². The Bertz CT molecular complexity index is 2110. The third-order valence-corrected chi connectivity index (χ3v) is 9.04. The van der Waals surface area contributed by atoms with E-state index in [9.17, 15) is 54.7 Å². The largest absolute Gasteiger partial charge is 0.490 e. The highest BCUT2D eigenvalue weighted by Crippen LogP contribution is 2.39. The third kappa shape index (κ3) is 11.8. The highest BCUT2D eigenvalue weighted by molar-refractivity contribution is 5.94. The number of carbonyl (C=O) groups excluding carboxylic acids is 1. The number of carboxylic acid groups (broad SMARTS) is 2. The number of carboxylic acids is 2. The molecule has 0 bridgehead atoms. The van der Waals surface area contributed by atoms with Crippen molar-refractivity contribution in [2.45, 2.75) is 81.3 Å². The lowest BCUT2D eigenvalue weighted by Gasteiger charge is -2.53. The topological polar surface area (TPSA) is 232 Å². The van der Waals surface area contributed by atoms with Crippen LogP contribution in [0, 0.1) is 11.3 Å². The maximum Gasteiger partial charge on any atom is 0.490 e. The Labute approximate surface area is 326 Å². The number of hydrogen-bond donors (Lipinski definition) is 5. The van der Waals surface area contributed by atoms with Crippen LogP contribution in [0.1, 0.15) is 55.1 Å². The van der Waals surface area contributed by atoms with Gasteiger partial charge < -0.3 is 30.4 Å². The van der Waals surface area contributed by atoms with Crippen molar-refractivity contribution >= 4 is 28.9 Å². The van der Waals surface area contributed by atoms with E-state index >= 15 is 0 Å². The average Bonchev–Trinajstić information content (AvgIpc) is 3.83. The van der Waals surface area contributed by atoms with E-state index in [1.807, 2.05) is 16.9 Å². The summed E-state index contributed by atoms with van der Waals surface area (Å²) in [7, 11) is 0. The summed E-state index contributed by atoms with van der Waals surface area (Å²) in [6.07, 6.45) is -5.31. The number of alkyl halides is 9. The fourth-order valence-corrected chi connectivity index (χ4v) is 6.15. The normalized spacial score (nSPS) is 18.5. The first kappa shape index (κ1) is 45.7. The van der Waals surface area contributed by atoms with E-state index in [-0.39, 0.29) is 30.2 Å². The molecule has 2 fully saturated rings. The molecular formula is C34H34F9N9O7. The van der Waals surface area contributed by atoms with Crippen LogP contribution in [0.2, 0.25) is 0 Å². The third-order valence-electron chi connectivity index (χ3n) is 9.04. The van der Waals surface area contributed by atoms with E-state index in [2.05, 4.69) is 41.3 Å². The van der Waals surface area contributed by atoms with Crippen molar-refractivity contribution in [1.29, 1.82) is 5.26 Å². The number of nitriles is 1. The summed E-state index contributed by atoms with van der Waals surface area (Å²) >= 11 is 0. The number of aliphatic hydroxyl groups excluding tert-OH is 1. The quantitative estimate of drug-likeness (QED) is 0.141. The molecule has 6 rings (SSSR count). The molecule has 16 nitrogen and oxygen atoms in total. The maximum absolute atomic E-state index is 13.6. The Morgan fingerprint density at radius 2 is 1.63 bits per heavy atom. The second-order valence-corrected chi connectivity index (χ2v) is 13.4. The number of likely N-dealkylation sites (tertiary alicyclic amines) is 1. The standard InChI is InChI=1S/C30H32F3N9O3.2C2HF3O2/c1-18(14-43)39-28(44)19-10-24(30(31,32)33)40-25(11-19)45-22-4-2-21(3-5-22)41-15-29(16-41,7-8-34)42-13-20(12-38-42)26-23-6-9-35-27(23)37-17-36-26;2*3-2(4,5)1(6)7/h6,9-13,17-18,21-22,43H,2-5,7,14-16H2,1H3,(H,39,44)(H,35,36,37);2*(H,6,7)/t18-,21-,22+;;/m1../s1. The fourth-order valence-electron chi connectivity index (χ4n) is 6.15. The minimum atomic E-state index is -5.08. The summed E-state index contributed by atoms with van der Waals surface area (Å²) < 4.78 is 112. The van der Waals surface area contributed by atoms with Gasteiger partial charge in [0.1, 0.15) is 29.3 Å². The summed E-state index contributed by atoms with van der Waals surface area (Å²) in [5, 5.41) is 41.1. The number of aliphatic hydroxyl groups is 1. The van der Waals surface area contributed by atoms with Gasteiger partial charge in [-0.05, 0) is 44.7 Å². The number of H-pyrrole nitrogens is 1. The molecule has 4 aromatic rings. The molecule has 25 heteroatoms. The number of halogens is 9. The number of amides is 1. The molecule has 320 valence electrons. The van der Waals surface area contributed by atoms with Crippen LogP contribution in [-0.4, -0.2) is 118 Å². The Hall–Kier alpha value is -6.03. The zero-order valence-corrected chi connectivity index (χ0v) is 30.4. The zero-order chi connectivity index (χ0) is 43.9. The number of fused-ring (bicyclic) bond motifs is 1. The molecule has 1 aliphatic heterocycles. The minimum absolute atomic E-state index is 0.226. The van der Waals surface area contributed by atoms with Crippen LogP contribution in [0.4, 0.5) is 39.5 Å². The molecule has 2 aliphatic rings. The predicted molar refractivity (Wildman–Crippen MR) is 182 cm³/mol. The van der Waals surface area contributed by atoms with Crippen LogP contribution >= 0.6 is 0 Å². The highest BCUT2D eigenvalue weighted by atomic mass is 19.4. The molecule has 59 heavy (non-hydrogen) atoms. The number of pyridine rings is 1. The van der Waals surface area contributed by atoms with Gasteiger partial charge >= 0.3 is 30.5 Å². The van der Waals surface area contributed by atoms with Gasteiger partial charge in [-0.3, -0.25) is 14.4 Å². The van der Waals surface area contributed by atoms with Gasteiger partial charge in [-0.15, -0.1) is 0 Å². The van der Waals surface area contributed by atoms with Crippen LogP contribution < -0.4 is 10.1 Å². The van der Waals surface area contributed by atoms with Crippen LogP contribution in [0.25, 0.3) is 22.3 Å². The lowest BCUT2D eigenvalue weighted by atomic mass is 9.82. The van der Waals surface area contributed by atoms with Crippen molar-refractivity contribution in [3.05, 3.63) is 54.4 Å². The van der Waals surface area contributed by atoms with Crippen LogP contribution in [0.5, 0.6) is 5.88 Å². The van der Waals surface area contributed by atoms with E-state index in [1.165, 1.54) is 19.3 Å². The molecule has 1 amide bonds. The molecular weight excluding hydrogens is 817 g/mol. The first-order valence-corrected chi connectivity index (χ1v) is 17.2. The van der Waals surface area contributed by atoms with Gasteiger partial charge in [-0.25, -0.2) is 24.5 Å². The molecule has 1 atom stereocenters. The molecule has 0 unspecified atom stereocenters. The number of aromatic nitrogens is 6. The van der Waals surface area contributed by atoms with Crippen molar-refractivity contribution in [2.24, 2.45) is 0 Å². The van der Waals surface area contributed by atoms with Crippen LogP contribution in [0.3, 0.4) is 0 Å². The lowest BCUT2D eigenvalue weighted by Crippen LogP contribution is -2.65. The smallest absolute Gasteiger partial charge is 0.475 e. The maximum atomic E-state index is 13.6. The average molecular weight is 852 g/mol. The second-order valence-electron chi connectivity index (χ2n) is 13.4. The van der Waals surface area contributed by atoms with Crippen LogP contribution in [0.15, 0.2) is 43.1 Å². The zero-order valence-electron chi connectivity index (χ0n) is 30.4. The summed E-state index contributed by atoms with van der Waals surface area (Å²) in [5.41, 5.74) is 0.394. The number of rotatable bonds is 9. The van der Waals surface area contributed by atoms with Gasteiger partial charge in [0.15, 0.2) is 0 Å². The number of aliphatic carboxylic acids is 2. The van der Waals surface area contributed by atoms with Gasteiger partial charge in [0.05, 0.1) is 31.0 Å². The van der Waals surface area contributed by atoms with Crippen molar-refractivity contribution in [2.75, 3.05) is 19.7 Å². The number of nitrogens with zero attached hydrogens (tertiary/aromatic N) is 7. The molecule has 1 saturated carbocycles. The highest BCUT2D eigenvalue weighted by Gasteiger charge is 2.48. The van der Waals surface area contributed by atoms with Gasteiger partial charge in [0.2, 0.25) is 5.88 Å². The van der Waals surface area contributed by atoms with Crippen molar-refractivity contribution in [3.63, 3.8) is 0 Å². The first-order valence-electron chi connectivity index (χ1n) is 17.2. The summed E-state index contributed by atoms with van der Waals surface area (Å²) in [5.74, 6) is -6.53. The summed E-state index contributed by atoms with van der Waals surface area (Å²) in [6.45, 7) is 2.46. The molecule has 5 N–H and O–H groups in total. The van der Waals surface area contributed by atoms with Crippen molar-refractivity contribution in [3.8, 4) is 23.2 Å². The molecule has 1 aliphatic carbocycles. The van der Waals surface area contributed by atoms with E-state index in [0.29, 0.717) is 38.4 Å². The Morgan fingerprint density at radius 3 is 2.17 bits per heavy atom. The number of aromatic amines is 1. The molecule has 4 aromatic heterocycles. The molecule has 0 radical (unpaired) electrons. The molecule has 0 spiro atoms. The summed E-state index contributed by atoms with van der Waals surface area (Å²) in [4.78, 5) is 48.0. The van der Waals surface area contributed by atoms with E-state index in [0.717, 1.165) is 35.1 Å². The Kier molecular flexibility index (Phi) is 14.1. The monoisotopic (exact) mass is 851 g/mol. The molecule has 1 saturated heterocycles. The number of ether oxygens (including phenoxy) is 1. The molecule has 0 aromatic carbocycles. The second kappa shape index (κ2) is 18.3. The Balaban J connectivity index is 0.000000471. The lowest BCUT2D eigenvalue weighted by molar-refractivity contribution is -0.193.